The van der Waals surface area contributed by atoms with Crippen molar-refractivity contribution >= 4 is 6.09 Å². The first-order chi connectivity index (χ1) is 5.59. The average Bonchev–Trinajstić information content (AvgIpc) is 2.61. The molecule has 1 aliphatic carbocycles. The molecule has 0 saturated heterocycles. The van der Waals surface area contributed by atoms with Gasteiger partial charge in [-0.1, -0.05) is 6.92 Å². The van der Waals surface area contributed by atoms with Crippen molar-refractivity contribution in [2.75, 3.05) is 6.54 Å². The Labute approximate surface area is 73.5 Å². The number of carbonyl (C=O) groups excluding carboxylic acids is 1. The summed E-state index contributed by atoms with van der Waals surface area (Å²) in [5, 5.41) is 2.75. The molecule has 0 aliphatic heterocycles. The number of alkyl carbamates (subject to hydrolysis) is 1. The van der Waals surface area contributed by atoms with Crippen molar-refractivity contribution in [2.24, 2.45) is 11.8 Å². The Hall–Kier alpha value is -0.730. The number of hydrogen-bond donors (Lipinski definition) is 1. The van der Waals surface area contributed by atoms with Crippen molar-refractivity contribution in [1.82, 2.24) is 5.32 Å². The van der Waals surface area contributed by atoms with E-state index in [1.807, 2.05) is 13.8 Å². The third-order valence-electron chi connectivity index (χ3n) is 2.13. The molecule has 1 aliphatic rings. The summed E-state index contributed by atoms with van der Waals surface area (Å²) in [6.45, 7) is 6.66. The molecule has 2 unspecified atom stereocenters. The first-order valence-corrected chi connectivity index (χ1v) is 4.54. The van der Waals surface area contributed by atoms with Gasteiger partial charge in [-0.05, 0) is 32.1 Å². The molecule has 12 heavy (non-hydrogen) atoms. The van der Waals surface area contributed by atoms with Gasteiger partial charge in [-0.3, -0.25) is 0 Å². The highest BCUT2D eigenvalue weighted by Gasteiger charge is 2.32. The lowest BCUT2D eigenvalue weighted by molar-refractivity contribution is 0.115. The monoisotopic (exact) mass is 171 g/mol. The fourth-order valence-electron chi connectivity index (χ4n) is 1.15. The topological polar surface area (TPSA) is 38.3 Å². The van der Waals surface area contributed by atoms with Crippen LogP contribution in [0.25, 0.3) is 0 Å². The maximum Gasteiger partial charge on any atom is 0.407 e. The SMILES string of the molecule is CC(C)OC(=O)NCC1CC1C. The van der Waals surface area contributed by atoms with E-state index in [-0.39, 0.29) is 12.2 Å². The molecule has 0 radical (unpaired) electrons. The van der Waals surface area contributed by atoms with Crippen LogP contribution in [0.5, 0.6) is 0 Å². The van der Waals surface area contributed by atoms with Crippen molar-refractivity contribution < 1.29 is 9.53 Å². The lowest BCUT2D eigenvalue weighted by Gasteiger charge is -2.08. The van der Waals surface area contributed by atoms with Gasteiger partial charge in [0, 0.05) is 6.54 Å². The van der Waals surface area contributed by atoms with Gasteiger partial charge < -0.3 is 10.1 Å². The number of ether oxygens (including phenoxy) is 1. The van der Waals surface area contributed by atoms with Gasteiger partial charge in [0.05, 0.1) is 6.10 Å². The van der Waals surface area contributed by atoms with Crippen molar-refractivity contribution in [3.05, 3.63) is 0 Å². The van der Waals surface area contributed by atoms with E-state index in [4.69, 9.17) is 4.74 Å². The molecule has 1 saturated carbocycles. The Kier molecular flexibility index (Phi) is 2.95. The average molecular weight is 171 g/mol. The summed E-state index contributed by atoms with van der Waals surface area (Å²) in [4.78, 5) is 11.0. The maximum absolute atomic E-state index is 11.0. The largest absolute Gasteiger partial charge is 0.447 e. The van der Waals surface area contributed by atoms with Gasteiger partial charge in [-0.15, -0.1) is 0 Å². The second-order valence-corrected chi connectivity index (χ2v) is 3.81. The first kappa shape index (κ1) is 9.36. The van der Waals surface area contributed by atoms with Crippen LogP contribution in [0, 0.1) is 11.8 Å². The van der Waals surface area contributed by atoms with E-state index in [2.05, 4.69) is 12.2 Å². The van der Waals surface area contributed by atoms with Crippen LogP contribution < -0.4 is 5.32 Å². The molecule has 0 aromatic carbocycles. The third kappa shape index (κ3) is 3.11. The van der Waals surface area contributed by atoms with Crippen LogP contribution >= 0.6 is 0 Å². The van der Waals surface area contributed by atoms with Gasteiger partial charge in [0.25, 0.3) is 0 Å². The predicted octanol–water partition coefficient (Wildman–Crippen LogP) is 1.78. The van der Waals surface area contributed by atoms with Gasteiger partial charge in [0.1, 0.15) is 0 Å². The molecule has 0 bridgehead atoms. The van der Waals surface area contributed by atoms with E-state index in [0.717, 1.165) is 12.5 Å². The lowest BCUT2D eigenvalue weighted by Crippen LogP contribution is -2.28. The fourth-order valence-corrected chi connectivity index (χ4v) is 1.15. The molecule has 1 fully saturated rings. The smallest absolute Gasteiger partial charge is 0.407 e. The second-order valence-electron chi connectivity index (χ2n) is 3.81. The summed E-state index contributed by atoms with van der Waals surface area (Å²) in [6.07, 6.45) is 0.924. The van der Waals surface area contributed by atoms with Gasteiger partial charge in [-0.2, -0.15) is 0 Å². The van der Waals surface area contributed by atoms with Crippen LogP contribution in [0.2, 0.25) is 0 Å². The molecule has 0 aromatic rings. The minimum Gasteiger partial charge on any atom is -0.447 e. The van der Waals surface area contributed by atoms with E-state index in [1.165, 1.54) is 6.42 Å². The second kappa shape index (κ2) is 3.78. The number of rotatable bonds is 3. The van der Waals surface area contributed by atoms with E-state index in [0.29, 0.717) is 5.92 Å². The fraction of sp³-hybridized carbons (Fsp3) is 0.889. The Bertz CT molecular complexity index is 168. The van der Waals surface area contributed by atoms with Crippen LogP contribution in [0.15, 0.2) is 0 Å². The van der Waals surface area contributed by atoms with Crippen molar-refractivity contribution in [2.45, 2.75) is 33.3 Å². The zero-order valence-electron chi connectivity index (χ0n) is 7.96. The van der Waals surface area contributed by atoms with Crippen LogP contribution in [-0.4, -0.2) is 18.7 Å². The Balaban J connectivity index is 2.03. The normalized spacial score (nSPS) is 27.0. The van der Waals surface area contributed by atoms with E-state index in [1.54, 1.807) is 0 Å². The molecular weight excluding hydrogens is 154 g/mol. The quantitative estimate of drug-likeness (QED) is 0.703. The molecule has 3 nitrogen and oxygen atoms in total. The molecule has 1 amide bonds. The number of hydrogen-bond acceptors (Lipinski definition) is 2. The third-order valence-corrected chi connectivity index (χ3v) is 2.13. The van der Waals surface area contributed by atoms with Gasteiger partial charge in [0.2, 0.25) is 0 Å². The van der Waals surface area contributed by atoms with Crippen LogP contribution in [0.3, 0.4) is 0 Å². The van der Waals surface area contributed by atoms with Gasteiger partial charge in [0.15, 0.2) is 0 Å². The molecule has 0 spiro atoms. The number of amides is 1. The minimum atomic E-state index is -0.288. The van der Waals surface area contributed by atoms with Crippen LogP contribution in [-0.2, 0) is 4.74 Å². The first-order valence-electron chi connectivity index (χ1n) is 4.54. The summed E-state index contributed by atoms with van der Waals surface area (Å²) < 4.78 is 4.91. The van der Waals surface area contributed by atoms with Crippen LogP contribution in [0.1, 0.15) is 27.2 Å². The number of carbonyl (C=O) groups is 1. The summed E-state index contributed by atoms with van der Waals surface area (Å²) >= 11 is 0. The van der Waals surface area contributed by atoms with E-state index < -0.39 is 0 Å². The van der Waals surface area contributed by atoms with E-state index >= 15 is 0 Å². The Morgan fingerprint density at radius 3 is 2.67 bits per heavy atom. The molecule has 1 rings (SSSR count). The maximum atomic E-state index is 11.0. The zero-order chi connectivity index (χ0) is 9.14. The van der Waals surface area contributed by atoms with Crippen LogP contribution in [0.4, 0.5) is 4.79 Å². The summed E-state index contributed by atoms with van der Waals surface area (Å²) in [5.41, 5.74) is 0. The molecule has 70 valence electrons. The Morgan fingerprint density at radius 2 is 2.25 bits per heavy atom. The van der Waals surface area contributed by atoms with Gasteiger partial charge in [-0.25, -0.2) is 4.79 Å². The predicted molar refractivity (Wildman–Crippen MR) is 46.9 cm³/mol. The van der Waals surface area contributed by atoms with Crippen molar-refractivity contribution in [1.29, 1.82) is 0 Å². The van der Waals surface area contributed by atoms with Gasteiger partial charge >= 0.3 is 6.09 Å². The van der Waals surface area contributed by atoms with Crippen molar-refractivity contribution in [3.8, 4) is 0 Å². The summed E-state index contributed by atoms with van der Waals surface area (Å²) in [7, 11) is 0. The lowest BCUT2D eigenvalue weighted by atomic mass is 10.3. The highest BCUT2D eigenvalue weighted by atomic mass is 16.6. The standard InChI is InChI=1S/C9H17NO2/c1-6(2)12-9(11)10-5-8-4-7(8)3/h6-8H,4-5H2,1-3H3,(H,10,11). The van der Waals surface area contributed by atoms with Crippen molar-refractivity contribution in [3.63, 3.8) is 0 Å². The van der Waals surface area contributed by atoms with E-state index in [9.17, 15) is 4.79 Å². The zero-order valence-corrected chi connectivity index (χ0v) is 7.96. The number of nitrogens with one attached hydrogen (secondary N) is 1. The minimum absolute atomic E-state index is 0.0263. The molecule has 0 aromatic heterocycles. The molecule has 1 N–H and O–H groups in total. The molecule has 2 atom stereocenters. The highest BCUT2D eigenvalue weighted by molar-refractivity contribution is 5.67. The molecular formula is C9H17NO2. The molecule has 0 heterocycles. The summed E-state index contributed by atoms with van der Waals surface area (Å²) in [6, 6.07) is 0. The Morgan fingerprint density at radius 1 is 1.67 bits per heavy atom. The summed E-state index contributed by atoms with van der Waals surface area (Å²) in [5.74, 6) is 1.47. The highest BCUT2D eigenvalue weighted by Crippen LogP contribution is 2.36. The molecule has 3 heteroatoms.